The van der Waals surface area contributed by atoms with Crippen molar-refractivity contribution in [1.29, 1.82) is 0 Å². The molecular weight excluding hydrogens is 232 g/mol. The number of carbonyl (C=O) groups excluding carboxylic acids is 1. The molecule has 100 valence electrons. The summed E-state index contributed by atoms with van der Waals surface area (Å²) in [6.45, 7) is 5.40. The molecule has 1 aromatic rings. The molecule has 0 amide bonds. The van der Waals surface area contributed by atoms with E-state index < -0.39 is 5.41 Å². The lowest BCUT2D eigenvalue weighted by Gasteiger charge is -2.17. The van der Waals surface area contributed by atoms with Crippen molar-refractivity contribution in [3.05, 3.63) is 29.3 Å². The zero-order chi connectivity index (χ0) is 13.8. The van der Waals surface area contributed by atoms with E-state index in [9.17, 15) is 9.90 Å². The number of aromatic hydroxyl groups is 1. The van der Waals surface area contributed by atoms with E-state index in [0.717, 1.165) is 5.56 Å². The Morgan fingerprint density at radius 3 is 2.56 bits per heavy atom. The summed E-state index contributed by atoms with van der Waals surface area (Å²) in [4.78, 5) is 11.6. The molecule has 0 atom stereocenters. The number of rotatable bonds is 4. The van der Waals surface area contributed by atoms with Crippen molar-refractivity contribution in [2.75, 3.05) is 6.61 Å². The summed E-state index contributed by atoms with van der Waals surface area (Å²) in [7, 11) is 0. The van der Waals surface area contributed by atoms with Gasteiger partial charge in [0, 0.05) is 12.0 Å². The highest BCUT2D eigenvalue weighted by Gasteiger charge is 2.22. The number of phenols is 1. The van der Waals surface area contributed by atoms with Gasteiger partial charge in [0.1, 0.15) is 5.75 Å². The van der Waals surface area contributed by atoms with E-state index in [0.29, 0.717) is 12.0 Å². The van der Waals surface area contributed by atoms with Gasteiger partial charge in [-0.05, 0) is 32.4 Å². The molecule has 4 nitrogen and oxygen atoms in total. The van der Waals surface area contributed by atoms with Crippen molar-refractivity contribution in [2.24, 2.45) is 5.41 Å². The van der Waals surface area contributed by atoms with Crippen molar-refractivity contribution in [3.63, 3.8) is 0 Å². The zero-order valence-corrected chi connectivity index (χ0v) is 11.1. The molecule has 0 unspecified atom stereocenters. The Bertz CT molecular complexity index is 418. The zero-order valence-electron chi connectivity index (χ0n) is 11.1. The summed E-state index contributed by atoms with van der Waals surface area (Å²) < 4.78 is 5.15. The topological polar surface area (TPSA) is 66.8 Å². The second kappa shape index (κ2) is 5.87. The molecule has 0 saturated carbocycles. The van der Waals surface area contributed by atoms with Gasteiger partial charge in [-0.2, -0.15) is 0 Å². The lowest BCUT2D eigenvalue weighted by atomic mass is 9.97. The average Bonchev–Trinajstić information content (AvgIpc) is 2.28. The van der Waals surface area contributed by atoms with Crippen molar-refractivity contribution >= 4 is 5.97 Å². The van der Waals surface area contributed by atoms with Crippen LogP contribution < -0.4 is 0 Å². The number of aliphatic hydroxyl groups is 1. The minimum atomic E-state index is -0.515. The van der Waals surface area contributed by atoms with E-state index in [1.54, 1.807) is 32.9 Å². The highest BCUT2D eigenvalue weighted by Crippen LogP contribution is 2.22. The number of esters is 1. The van der Waals surface area contributed by atoms with E-state index in [-0.39, 0.29) is 24.9 Å². The van der Waals surface area contributed by atoms with Crippen LogP contribution in [0.2, 0.25) is 0 Å². The van der Waals surface area contributed by atoms with Gasteiger partial charge in [0.15, 0.2) is 0 Å². The molecule has 0 aliphatic heterocycles. The fraction of sp³-hybridized carbons (Fsp3) is 0.500. The van der Waals surface area contributed by atoms with Crippen LogP contribution in [0.15, 0.2) is 18.2 Å². The molecular formula is C14H20O4. The van der Waals surface area contributed by atoms with Crippen LogP contribution in [0.25, 0.3) is 0 Å². The molecule has 0 aliphatic rings. The summed E-state index contributed by atoms with van der Waals surface area (Å²) in [5.74, 6) is -0.189. The average molecular weight is 252 g/mol. The highest BCUT2D eigenvalue weighted by molar-refractivity contribution is 5.75. The standard InChI is InChI=1S/C14H20O4/c1-14(2,3)13(17)18-8-7-10-5-4-6-12(16)11(10)9-15/h4-6,15-16H,7-9H2,1-3H3. The third-order valence-electron chi connectivity index (χ3n) is 2.62. The van der Waals surface area contributed by atoms with Crippen LogP contribution in [0, 0.1) is 5.41 Å². The molecule has 0 aliphatic carbocycles. The number of aliphatic hydroxyl groups excluding tert-OH is 1. The number of carbonyl (C=O) groups is 1. The number of ether oxygens (including phenoxy) is 1. The normalized spacial score (nSPS) is 11.3. The Labute approximate surface area is 107 Å². The maximum atomic E-state index is 11.6. The highest BCUT2D eigenvalue weighted by atomic mass is 16.5. The second-order valence-corrected chi connectivity index (χ2v) is 5.21. The van der Waals surface area contributed by atoms with Crippen LogP contribution in [-0.2, 0) is 22.6 Å². The summed E-state index contributed by atoms with van der Waals surface area (Å²) in [5, 5.41) is 18.7. The molecule has 1 aromatic carbocycles. The maximum absolute atomic E-state index is 11.6. The predicted octanol–water partition coefficient (Wildman–Crippen LogP) is 2.02. The minimum Gasteiger partial charge on any atom is -0.508 e. The summed E-state index contributed by atoms with van der Waals surface area (Å²) in [5.41, 5.74) is 0.766. The number of hydrogen-bond acceptors (Lipinski definition) is 4. The smallest absolute Gasteiger partial charge is 0.311 e. The first kappa shape index (κ1) is 14.5. The molecule has 0 radical (unpaired) electrons. The first-order chi connectivity index (χ1) is 8.36. The minimum absolute atomic E-state index is 0.0668. The Balaban J connectivity index is 2.60. The third kappa shape index (κ3) is 3.74. The molecule has 1 rings (SSSR count). The van der Waals surface area contributed by atoms with Gasteiger partial charge in [-0.15, -0.1) is 0 Å². The lowest BCUT2D eigenvalue weighted by Crippen LogP contribution is -2.23. The van der Waals surface area contributed by atoms with E-state index >= 15 is 0 Å². The first-order valence-corrected chi connectivity index (χ1v) is 5.94. The molecule has 4 heteroatoms. The van der Waals surface area contributed by atoms with Gasteiger partial charge in [0.2, 0.25) is 0 Å². The first-order valence-electron chi connectivity index (χ1n) is 5.94. The molecule has 0 saturated heterocycles. The Morgan fingerprint density at radius 1 is 1.33 bits per heavy atom. The molecule has 2 N–H and O–H groups in total. The fourth-order valence-electron chi connectivity index (χ4n) is 1.51. The van der Waals surface area contributed by atoms with Crippen LogP contribution in [0.1, 0.15) is 31.9 Å². The summed E-state index contributed by atoms with van der Waals surface area (Å²) in [6.07, 6.45) is 0.478. The van der Waals surface area contributed by atoms with Gasteiger partial charge < -0.3 is 14.9 Å². The second-order valence-electron chi connectivity index (χ2n) is 5.21. The molecule has 0 bridgehead atoms. The molecule has 18 heavy (non-hydrogen) atoms. The van der Waals surface area contributed by atoms with Crippen molar-refractivity contribution in [3.8, 4) is 5.75 Å². The van der Waals surface area contributed by atoms with Crippen LogP contribution in [0.3, 0.4) is 0 Å². The lowest BCUT2D eigenvalue weighted by molar-refractivity contribution is -0.152. The largest absolute Gasteiger partial charge is 0.508 e. The van der Waals surface area contributed by atoms with Gasteiger partial charge in [0.25, 0.3) is 0 Å². The van der Waals surface area contributed by atoms with E-state index in [4.69, 9.17) is 9.84 Å². The van der Waals surface area contributed by atoms with Gasteiger partial charge >= 0.3 is 5.97 Å². The van der Waals surface area contributed by atoms with Crippen LogP contribution in [-0.4, -0.2) is 22.8 Å². The SMILES string of the molecule is CC(C)(C)C(=O)OCCc1cccc(O)c1CO. The Hall–Kier alpha value is -1.55. The van der Waals surface area contributed by atoms with Gasteiger partial charge in [0.05, 0.1) is 18.6 Å². The quantitative estimate of drug-likeness (QED) is 0.804. The molecule has 0 aromatic heterocycles. The molecule has 0 heterocycles. The van der Waals surface area contributed by atoms with Crippen LogP contribution in [0.5, 0.6) is 5.75 Å². The van der Waals surface area contributed by atoms with Crippen molar-refractivity contribution < 1.29 is 19.7 Å². The van der Waals surface area contributed by atoms with Gasteiger partial charge in [-0.3, -0.25) is 4.79 Å². The van der Waals surface area contributed by atoms with Gasteiger partial charge in [-0.1, -0.05) is 12.1 Å². The third-order valence-corrected chi connectivity index (χ3v) is 2.62. The molecule has 0 spiro atoms. The van der Waals surface area contributed by atoms with E-state index in [2.05, 4.69) is 0 Å². The maximum Gasteiger partial charge on any atom is 0.311 e. The predicted molar refractivity (Wildman–Crippen MR) is 68.1 cm³/mol. The van der Waals surface area contributed by atoms with Crippen molar-refractivity contribution in [2.45, 2.75) is 33.8 Å². The Kier molecular flexibility index (Phi) is 4.73. The van der Waals surface area contributed by atoms with E-state index in [1.165, 1.54) is 6.07 Å². The number of benzene rings is 1. The van der Waals surface area contributed by atoms with Gasteiger partial charge in [-0.25, -0.2) is 0 Å². The van der Waals surface area contributed by atoms with Crippen LogP contribution >= 0.6 is 0 Å². The summed E-state index contributed by atoms with van der Waals surface area (Å²) in [6, 6.07) is 5.03. The fourth-order valence-corrected chi connectivity index (χ4v) is 1.51. The molecule has 0 fully saturated rings. The Morgan fingerprint density at radius 2 is 2.00 bits per heavy atom. The van der Waals surface area contributed by atoms with E-state index in [1.807, 2.05) is 0 Å². The summed E-state index contributed by atoms with van der Waals surface area (Å²) >= 11 is 0. The van der Waals surface area contributed by atoms with Crippen molar-refractivity contribution in [1.82, 2.24) is 0 Å². The monoisotopic (exact) mass is 252 g/mol. The number of hydrogen-bond donors (Lipinski definition) is 2. The van der Waals surface area contributed by atoms with Crippen LogP contribution in [0.4, 0.5) is 0 Å².